The lowest BCUT2D eigenvalue weighted by molar-refractivity contribution is 0.668. The third-order valence-corrected chi connectivity index (χ3v) is 12.7. The number of nitrogens with zero attached hydrogens (tertiary/aromatic N) is 1. The molecule has 11 aromatic rings. The predicted molar refractivity (Wildman–Crippen MR) is 254 cm³/mol. The van der Waals surface area contributed by atoms with Gasteiger partial charge in [-0.15, -0.1) is 0 Å². The summed E-state index contributed by atoms with van der Waals surface area (Å²) in [4.78, 5) is 2.32. The molecule has 1 heterocycles. The molecule has 2 heteroatoms. The molecule has 0 fully saturated rings. The van der Waals surface area contributed by atoms with Crippen molar-refractivity contribution in [2.45, 2.75) is 5.41 Å². The van der Waals surface area contributed by atoms with Crippen LogP contribution in [0.5, 0.6) is 0 Å². The first-order valence-corrected chi connectivity index (χ1v) is 21.0. The summed E-state index contributed by atoms with van der Waals surface area (Å²) in [6, 6.07) is 85.9. The lowest BCUT2D eigenvalue weighted by Gasteiger charge is -2.34. The van der Waals surface area contributed by atoms with Crippen LogP contribution in [0.2, 0.25) is 0 Å². The van der Waals surface area contributed by atoms with Crippen LogP contribution in [0.3, 0.4) is 0 Å². The number of para-hydroxylation sites is 1. The molecule has 10 aromatic carbocycles. The van der Waals surface area contributed by atoms with E-state index >= 15 is 0 Å². The third kappa shape index (κ3) is 5.64. The van der Waals surface area contributed by atoms with Crippen LogP contribution < -0.4 is 4.90 Å². The molecule has 0 N–H and O–H groups in total. The minimum absolute atomic E-state index is 0.523. The van der Waals surface area contributed by atoms with Crippen molar-refractivity contribution in [2.24, 2.45) is 0 Å². The first kappa shape index (κ1) is 35.0. The van der Waals surface area contributed by atoms with Gasteiger partial charge < -0.3 is 9.32 Å². The molecule has 0 bridgehead atoms. The standard InChI is InChI=1S/C59H39NO/c1-4-16-40(17-5-1)41-20-14-21-42(34-41)43-22-15-27-49(35-43)60(48-25-8-3-9-26-48)50-31-32-52-54-38-47(30-33-57(54)61-58(52)39-50)59(46-23-6-2-7-24-46)55-29-13-12-28-51(55)53-36-44-18-10-11-19-45(44)37-56(53)59/h1-39H. The van der Waals surface area contributed by atoms with Crippen molar-refractivity contribution in [2.75, 3.05) is 4.90 Å². The van der Waals surface area contributed by atoms with E-state index in [0.29, 0.717) is 0 Å². The summed E-state index contributed by atoms with van der Waals surface area (Å²) in [5.41, 5.74) is 16.8. The van der Waals surface area contributed by atoms with Gasteiger partial charge in [0, 0.05) is 33.9 Å². The first-order chi connectivity index (χ1) is 30.2. The molecule has 0 radical (unpaired) electrons. The topological polar surface area (TPSA) is 16.4 Å². The first-order valence-electron chi connectivity index (χ1n) is 21.0. The molecular weight excluding hydrogens is 739 g/mol. The van der Waals surface area contributed by atoms with Gasteiger partial charge in [-0.05, 0) is 133 Å². The van der Waals surface area contributed by atoms with Crippen LogP contribution in [0.4, 0.5) is 17.1 Å². The predicted octanol–water partition coefficient (Wildman–Crippen LogP) is 15.9. The molecule has 61 heavy (non-hydrogen) atoms. The SMILES string of the molecule is c1ccc(-c2cccc(-c3cccc(N(c4ccccc4)c4ccc5c(c4)oc4ccc(C6(c7ccccc7)c7ccccc7-c7cc8ccccc8cc76)cc45)c3)c2)cc1. The van der Waals surface area contributed by atoms with E-state index in [1.165, 1.54) is 60.8 Å². The van der Waals surface area contributed by atoms with E-state index in [1.807, 2.05) is 0 Å². The van der Waals surface area contributed by atoms with Gasteiger partial charge in [-0.25, -0.2) is 0 Å². The second kappa shape index (κ2) is 14.1. The van der Waals surface area contributed by atoms with E-state index in [0.717, 1.165) is 44.6 Å². The molecule has 0 spiro atoms. The molecule has 1 atom stereocenters. The molecule has 286 valence electrons. The number of furan rings is 1. The Balaban J connectivity index is 1.01. The highest BCUT2D eigenvalue weighted by Crippen LogP contribution is 2.57. The Morgan fingerprint density at radius 3 is 1.72 bits per heavy atom. The van der Waals surface area contributed by atoms with E-state index in [1.54, 1.807) is 0 Å². The number of anilines is 3. The van der Waals surface area contributed by atoms with Crippen molar-refractivity contribution >= 4 is 49.8 Å². The summed E-state index contributed by atoms with van der Waals surface area (Å²) in [5.74, 6) is 0. The molecule has 1 aromatic heterocycles. The molecule has 0 aliphatic heterocycles. The molecule has 1 aliphatic rings. The van der Waals surface area contributed by atoms with Crippen LogP contribution in [-0.2, 0) is 5.41 Å². The summed E-state index contributed by atoms with van der Waals surface area (Å²) < 4.78 is 6.79. The van der Waals surface area contributed by atoms with Gasteiger partial charge in [0.1, 0.15) is 11.2 Å². The van der Waals surface area contributed by atoms with E-state index in [9.17, 15) is 0 Å². The molecule has 0 amide bonds. The Labute approximate surface area is 355 Å². The molecule has 1 aliphatic carbocycles. The Morgan fingerprint density at radius 1 is 0.311 bits per heavy atom. The van der Waals surface area contributed by atoms with Gasteiger partial charge >= 0.3 is 0 Å². The number of hydrogen-bond donors (Lipinski definition) is 0. The largest absolute Gasteiger partial charge is 0.456 e. The van der Waals surface area contributed by atoms with Gasteiger partial charge in [-0.2, -0.15) is 0 Å². The molecular formula is C59H39NO. The molecule has 0 saturated heterocycles. The van der Waals surface area contributed by atoms with Gasteiger partial charge in [0.15, 0.2) is 0 Å². The number of fused-ring (bicyclic) bond motifs is 7. The maximum Gasteiger partial charge on any atom is 0.137 e. The van der Waals surface area contributed by atoms with Crippen molar-refractivity contribution < 1.29 is 4.42 Å². The Hall–Kier alpha value is -7.94. The number of rotatable bonds is 7. The van der Waals surface area contributed by atoms with E-state index in [2.05, 4.69) is 241 Å². The van der Waals surface area contributed by atoms with Crippen molar-refractivity contribution in [1.29, 1.82) is 0 Å². The fraction of sp³-hybridized carbons (Fsp3) is 0.0169. The summed E-state index contributed by atoms with van der Waals surface area (Å²) in [5, 5.41) is 4.69. The Bertz CT molecular complexity index is 3420. The van der Waals surface area contributed by atoms with Crippen LogP contribution in [0.25, 0.3) is 66.1 Å². The average Bonchev–Trinajstić information content (AvgIpc) is 3.84. The zero-order valence-corrected chi connectivity index (χ0v) is 33.4. The molecule has 1 unspecified atom stereocenters. The molecule has 2 nitrogen and oxygen atoms in total. The van der Waals surface area contributed by atoms with Crippen LogP contribution in [0.15, 0.2) is 241 Å². The second-order valence-corrected chi connectivity index (χ2v) is 16.1. The van der Waals surface area contributed by atoms with Crippen LogP contribution in [-0.4, -0.2) is 0 Å². The van der Waals surface area contributed by atoms with E-state index in [-0.39, 0.29) is 0 Å². The highest BCUT2D eigenvalue weighted by molar-refractivity contribution is 6.07. The zero-order valence-electron chi connectivity index (χ0n) is 33.4. The summed E-state index contributed by atoms with van der Waals surface area (Å²) >= 11 is 0. The summed E-state index contributed by atoms with van der Waals surface area (Å²) in [6.45, 7) is 0. The van der Waals surface area contributed by atoms with Crippen molar-refractivity contribution in [3.63, 3.8) is 0 Å². The van der Waals surface area contributed by atoms with Gasteiger partial charge in [-0.3, -0.25) is 0 Å². The lowest BCUT2D eigenvalue weighted by atomic mass is 9.67. The van der Waals surface area contributed by atoms with Gasteiger partial charge in [-0.1, -0.05) is 164 Å². The van der Waals surface area contributed by atoms with Crippen LogP contribution >= 0.6 is 0 Å². The average molecular weight is 778 g/mol. The zero-order chi connectivity index (χ0) is 40.3. The van der Waals surface area contributed by atoms with Crippen molar-refractivity contribution in [1.82, 2.24) is 0 Å². The van der Waals surface area contributed by atoms with Crippen LogP contribution in [0.1, 0.15) is 22.3 Å². The minimum Gasteiger partial charge on any atom is -0.456 e. The lowest BCUT2D eigenvalue weighted by Crippen LogP contribution is -2.28. The highest BCUT2D eigenvalue weighted by atomic mass is 16.3. The molecule has 12 rings (SSSR count). The summed E-state index contributed by atoms with van der Waals surface area (Å²) in [6.07, 6.45) is 0. The third-order valence-electron chi connectivity index (χ3n) is 12.7. The molecule has 0 saturated carbocycles. The fourth-order valence-electron chi connectivity index (χ4n) is 9.94. The Morgan fingerprint density at radius 2 is 0.918 bits per heavy atom. The maximum atomic E-state index is 6.79. The minimum atomic E-state index is -0.523. The number of benzene rings is 10. The van der Waals surface area contributed by atoms with Gasteiger partial charge in [0.25, 0.3) is 0 Å². The normalized spacial score (nSPS) is 14.3. The fourth-order valence-corrected chi connectivity index (χ4v) is 9.94. The maximum absolute atomic E-state index is 6.79. The number of hydrogen-bond acceptors (Lipinski definition) is 2. The highest BCUT2D eigenvalue weighted by Gasteiger charge is 2.46. The van der Waals surface area contributed by atoms with Crippen LogP contribution in [0, 0.1) is 0 Å². The van der Waals surface area contributed by atoms with Crippen molar-refractivity contribution in [3.05, 3.63) is 259 Å². The smallest absolute Gasteiger partial charge is 0.137 e. The quantitative estimate of drug-likeness (QED) is 0.160. The summed E-state index contributed by atoms with van der Waals surface area (Å²) in [7, 11) is 0. The second-order valence-electron chi connectivity index (χ2n) is 16.1. The van der Waals surface area contributed by atoms with Gasteiger partial charge in [0.05, 0.1) is 5.41 Å². The Kier molecular flexibility index (Phi) is 8.11. The monoisotopic (exact) mass is 777 g/mol. The van der Waals surface area contributed by atoms with Gasteiger partial charge in [0.2, 0.25) is 0 Å². The van der Waals surface area contributed by atoms with E-state index in [4.69, 9.17) is 4.42 Å². The van der Waals surface area contributed by atoms with Crippen molar-refractivity contribution in [3.8, 4) is 33.4 Å². The van der Waals surface area contributed by atoms with E-state index < -0.39 is 5.41 Å².